The monoisotopic (exact) mass is 166 g/mol. The van der Waals surface area contributed by atoms with E-state index in [0.717, 1.165) is 11.5 Å². The molecule has 0 amide bonds. The van der Waals surface area contributed by atoms with Crippen LogP contribution in [0.2, 0.25) is 0 Å². The van der Waals surface area contributed by atoms with Gasteiger partial charge in [-0.05, 0) is 6.92 Å². The molecule has 0 atom stereocenters. The van der Waals surface area contributed by atoms with E-state index in [0.29, 0.717) is 5.88 Å². The fraction of sp³-hybridized carbons (Fsp3) is 0.400. The Hall–Kier alpha value is -0.210. The van der Waals surface area contributed by atoms with E-state index in [1.54, 1.807) is 0 Å². The van der Waals surface area contributed by atoms with Crippen LogP contribution in [0.1, 0.15) is 11.5 Å². The molecule has 4 heteroatoms. The molecule has 2 nitrogen and oxygen atoms in total. The number of imidazole rings is 1. The number of hydrogen-bond donors (Lipinski definition) is 1. The molecule has 1 heterocycles. The summed E-state index contributed by atoms with van der Waals surface area (Å²) in [5.74, 6) is 1.41. The van der Waals surface area contributed by atoms with Gasteiger partial charge in [-0.25, -0.2) is 4.98 Å². The molecule has 1 aromatic rings. The topological polar surface area (TPSA) is 28.7 Å². The molecule has 9 heavy (non-hydrogen) atoms. The fourth-order valence-electron chi connectivity index (χ4n) is 0.536. The van der Waals surface area contributed by atoms with Crippen molar-refractivity contribution in [2.45, 2.75) is 12.8 Å². The molecular formula is C5H8Cl2N2. The van der Waals surface area contributed by atoms with Crippen molar-refractivity contribution in [3.05, 3.63) is 17.7 Å². The Kier molecular flexibility index (Phi) is 3.66. The minimum absolute atomic E-state index is 0. The van der Waals surface area contributed by atoms with Crippen LogP contribution >= 0.6 is 24.0 Å². The van der Waals surface area contributed by atoms with Gasteiger partial charge >= 0.3 is 0 Å². The summed E-state index contributed by atoms with van der Waals surface area (Å²) in [6.07, 6.45) is 1.81. The zero-order chi connectivity index (χ0) is 5.98. The Morgan fingerprint density at radius 2 is 2.44 bits per heavy atom. The highest BCUT2D eigenvalue weighted by atomic mass is 35.5. The summed E-state index contributed by atoms with van der Waals surface area (Å²) in [5, 5.41) is 0. The van der Waals surface area contributed by atoms with Crippen molar-refractivity contribution in [1.82, 2.24) is 9.97 Å². The standard InChI is InChI=1S/C5H7ClN2.ClH/c1-4-7-3-5(2-6)8-4;/h3H,2H2,1H3,(H,7,8);1H. The minimum atomic E-state index is 0. The van der Waals surface area contributed by atoms with E-state index in [1.807, 2.05) is 13.1 Å². The number of aromatic amines is 1. The molecule has 0 saturated heterocycles. The van der Waals surface area contributed by atoms with Gasteiger partial charge in [0.2, 0.25) is 0 Å². The van der Waals surface area contributed by atoms with Crippen LogP contribution in [0.3, 0.4) is 0 Å². The molecule has 0 aliphatic carbocycles. The van der Waals surface area contributed by atoms with Gasteiger partial charge < -0.3 is 4.98 Å². The summed E-state index contributed by atoms with van der Waals surface area (Å²) >= 11 is 5.46. The Bertz CT molecular complexity index is 173. The summed E-state index contributed by atoms with van der Waals surface area (Å²) in [5.41, 5.74) is 0.907. The highest BCUT2D eigenvalue weighted by Crippen LogP contribution is 1.97. The largest absolute Gasteiger partial charge is 0.349 e. The SMILES string of the molecule is Cc1nc(CCl)c[nH]1.Cl. The molecule has 1 rings (SSSR count). The van der Waals surface area contributed by atoms with Gasteiger partial charge in [-0.15, -0.1) is 24.0 Å². The molecule has 0 aliphatic heterocycles. The molecule has 0 aromatic carbocycles. The van der Waals surface area contributed by atoms with Crippen LogP contribution in [-0.2, 0) is 5.88 Å². The molecule has 52 valence electrons. The van der Waals surface area contributed by atoms with Crippen molar-refractivity contribution in [2.24, 2.45) is 0 Å². The number of aryl methyl sites for hydroxylation is 1. The number of rotatable bonds is 1. The number of nitrogens with one attached hydrogen (secondary N) is 1. The second-order valence-electron chi connectivity index (χ2n) is 1.61. The Labute approximate surface area is 65.0 Å². The van der Waals surface area contributed by atoms with Crippen molar-refractivity contribution in [2.75, 3.05) is 0 Å². The third-order valence-electron chi connectivity index (χ3n) is 0.896. The predicted molar refractivity (Wildman–Crippen MR) is 40.1 cm³/mol. The molecule has 0 aliphatic rings. The molecule has 0 saturated carbocycles. The highest BCUT2D eigenvalue weighted by Gasteiger charge is 1.91. The van der Waals surface area contributed by atoms with Crippen LogP contribution in [0.4, 0.5) is 0 Å². The lowest BCUT2D eigenvalue weighted by Gasteiger charge is -1.77. The fourth-order valence-corrected chi connectivity index (χ4v) is 0.673. The summed E-state index contributed by atoms with van der Waals surface area (Å²) in [4.78, 5) is 6.97. The Morgan fingerprint density at radius 3 is 2.67 bits per heavy atom. The van der Waals surface area contributed by atoms with E-state index in [1.165, 1.54) is 0 Å². The summed E-state index contributed by atoms with van der Waals surface area (Å²) in [6, 6.07) is 0. The quantitative estimate of drug-likeness (QED) is 0.635. The molecule has 0 bridgehead atoms. The summed E-state index contributed by atoms with van der Waals surface area (Å²) in [7, 11) is 0. The molecule has 0 fully saturated rings. The maximum Gasteiger partial charge on any atom is 0.103 e. The normalized spacial score (nSPS) is 8.67. The Morgan fingerprint density at radius 1 is 1.78 bits per heavy atom. The van der Waals surface area contributed by atoms with Crippen LogP contribution in [0.15, 0.2) is 6.20 Å². The van der Waals surface area contributed by atoms with E-state index in [4.69, 9.17) is 11.6 Å². The number of H-pyrrole nitrogens is 1. The van der Waals surface area contributed by atoms with Crippen molar-refractivity contribution in [3.63, 3.8) is 0 Å². The molecule has 0 spiro atoms. The maximum absolute atomic E-state index is 5.46. The zero-order valence-corrected chi connectivity index (χ0v) is 6.59. The van der Waals surface area contributed by atoms with Crippen LogP contribution < -0.4 is 0 Å². The van der Waals surface area contributed by atoms with Gasteiger partial charge in [0, 0.05) is 6.20 Å². The van der Waals surface area contributed by atoms with Crippen LogP contribution in [0.25, 0.3) is 0 Å². The molecular weight excluding hydrogens is 159 g/mol. The van der Waals surface area contributed by atoms with Crippen LogP contribution in [0, 0.1) is 6.92 Å². The van der Waals surface area contributed by atoms with Crippen molar-refractivity contribution in [1.29, 1.82) is 0 Å². The average molecular weight is 167 g/mol. The molecule has 0 radical (unpaired) electrons. The van der Waals surface area contributed by atoms with Gasteiger partial charge in [0.05, 0.1) is 11.6 Å². The van der Waals surface area contributed by atoms with Crippen molar-refractivity contribution < 1.29 is 0 Å². The van der Waals surface area contributed by atoms with Crippen molar-refractivity contribution in [3.8, 4) is 0 Å². The molecule has 0 unspecified atom stereocenters. The van der Waals surface area contributed by atoms with E-state index in [-0.39, 0.29) is 12.4 Å². The molecule has 1 N–H and O–H groups in total. The minimum Gasteiger partial charge on any atom is -0.349 e. The maximum atomic E-state index is 5.46. The third-order valence-corrected chi connectivity index (χ3v) is 1.17. The lowest BCUT2D eigenvalue weighted by atomic mass is 10.6. The number of alkyl halides is 1. The van der Waals surface area contributed by atoms with Gasteiger partial charge in [0.25, 0.3) is 0 Å². The van der Waals surface area contributed by atoms with Crippen molar-refractivity contribution >= 4 is 24.0 Å². The smallest absolute Gasteiger partial charge is 0.103 e. The predicted octanol–water partition coefficient (Wildman–Crippen LogP) is 1.88. The number of hydrogen-bond acceptors (Lipinski definition) is 1. The first-order valence-corrected chi connectivity index (χ1v) is 2.93. The number of aromatic nitrogens is 2. The van der Waals surface area contributed by atoms with Crippen LogP contribution in [-0.4, -0.2) is 9.97 Å². The highest BCUT2D eigenvalue weighted by molar-refractivity contribution is 6.16. The van der Waals surface area contributed by atoms with E-state index in [2.05, 4.69) is 9.97 Å². The lowest BCUT2D eigenvalue weighted by molar-refractivity contribution is 1.12. The first-order valence-electron chi connectivity index (χ1n) is 2.40. The second kappa shape index (κ2) is 3.75. The van der Waals surface area contributed by atoms with Gasteiger partial charge in [0.1, 0.15) is 5.82 Å². The first-order chi connectivity index (χ1) is 3.83. The van der Waals surface area contributed by atoms with Gasteiger partial charge in [-0.2, -0.15) is 0 Å². The summed E-state index contributed by atoms with van der Waals surface area (Å²) < 4.78 is 0. The first kappa shape index (κ1) is 8.79. The van der Waals surface area contributed by atoms with E-state index < -0.39 is 0 Å². The van der Waals surface area contributed by atoms with Crippen LogP contribution in [0.5, 0.6) is 0 Å². The lowest BCUT2D eigenvalue weighted by Crippen LogP contribution is -1.74. The Balaban J connectivity index is 0.000000640. The number of halogens is 2. The zero-order valence-electron chi connectivity index (χ0n) is 5.02. The average Bonchev–Trinajstić information content (AvgIpc) is 2.14. The van der Waals surface area contributed by atoms with Gasteiger partial charge in [-0.3, -0.25) is 0 Å². The van der Waals surface area contributed by atoms with Gasteiger partial charge in [-0.1, -0.05) is 0 Å². The third kappa shape index (κ3) is 2.24. The number of nitrogens with zero attached hydrogens (tertiary/aromatic N) is 1. The van der Waals surface area contributed by atoms with E-state index >= 15 is 0 Å². The second-order valence-corrected chi connectivity index (χ2v) is 1.88. The van der Waals surface area contributed by atoms with E-state index in [9.17, 15) is 0 Å². The van der Waals surface area contributed by atoms with Gasteiger partial charge in [0.15, 0.2) is 0 Å². The molecule has 1 aromatic heterocycles. The summed E-state index contributed by atoms with van der Waals surface area (Å²) in [6.45, 7) is 1.90.